The number of hydrogen-bond donors (Lipinski definition) is 1. The molecular weight excluding hydrogens is 157 g/mol. The smallest absolute Gasteiger partial charge is 0.0866 e. The van der Waals surface area contributed by atoms with Crippen LogP contribution in [0.2, 0.25) is 0 Å². The van der Waals surface area contributed by atoms with E-state index >= 15 is 0 Å². The van der Waals surface area contributed by atoms with Crippen molar-refractivity contribution in [3.63, 3.8) is 0 Å². The van der Waals surface area contributed by atoms with E-state index in [4.69, 9.17) is 0 Å². The van der Waals surface area contributed by atoms with Gasteiger partial charge in [-0.15, -0.1) is 0 Å². The van der Waals surface area contributed by atoms with Crippen molar-refractivity contribution >= 4 is 7.14 Å². The van der Waals surface area contributed by atoms with Crippen molar-refractivity contribution in [1.29, 1.82) is 0 Å². The number of rotatable bonds is 1. The average molecular weight is 175 g/mol. The highest BCUT2D eigenvalue weighted by Crippen LogP contribution is 2.50. The second-order valence-corrected chi connectivity index (χ2v) is 7.88. The molecule has 1 aliphatic heterocycles. The van der Waals surface area contributed by atoms with E-state index in [1.807, 2.05) is 13.3 Å². The van der Waals surface area contributed by atoms with Crippen molar-refractivity contribution in [2.24, 2.45) is 0 Å². The Labute approximate surface area is 69.1 Å². The topological polar surface area (TPSA) is 29.1 Å². The molecular formula is C8H18NOP. The van der Waals surface area contributed by atoms with E-state index < -0.39 is 7.14 Å². The zero-order chi connectivity index (χ0) is 8.70. The molecule has 1 N–H and O–H groups in total. The fourth-order valence-corrected chi connectivity index (χ4v) is 4.49. The van der Waals surface area contributed by atoms with Crippen LogP contribution in [0.5, 0.6) is 0 Å². The van der Waals surface area contributed by atoms with Gasteiger partial charge in [0.25, 0.3) is 0 Å². The lowest BCUT2D eigenvalue weighted by atomic mass is 10.0. The van der Waals surface area contributed by atoms with Crippen molar-refractivity contribution in [3.05, 3.63) is 0 Å². The molecule has 1 saturated heterocycles. The summed E-state index contributed by atoms with van der Waals surface area (Å²) in [5.74, 6) is 0. The minimum Gasteiger partial charge on any atom is -0.324 e. The molecule has 0 spiro atoms. The number of hydrogen-bond acceptors (Lipinski definition) is 2. The monoisotopic (exact) mass is 175 g/mol. The standard InChI is InChI=1S/C8H18NOP/c1-8(2)7(5-6-9-8)11(3,4)10/h7,9H,5-6H2,1-4H3. The summed E-state index contributed by atoms with van der Waals surface area (Å²) in [6.07, 6.45) is 1.07. The van der Waals surface area contributed by atoms with Crippen molar-refractivity contribution < 1.29 is 4.57 Å². The van der Waals surface area contributed by atoms with E-state index in [0.717, 1.165) is 13.0 Å². The van der Waals surface area contributed by atoms with E-state index in [-0.39, 0.29) is 5.54 Å². The molecule has 0 aromatic rings. The molecule has 0 aromatic carbocycles. The maximum absolute atomic E-state index is 11.8. The summed E-state index contributed by atoms with van der Waals surface area (Å²) in [5.41, 5.74) is 0.453. The predicted octanol–water partition coefficient (Wildman–Crippen LogP) is 1.75. The average Bonchev–Trinajstić information content (AvgIpc) is 2.06. The first-order valence-corrected chi connectivity index (χ1v) is 6.81. The molecule has 2 nitrogen and oxygen atoms in total. The largest absolute Gasteiger partial charge is 0.324 e. The summed E-state index contributed by atoms with van der Waals surface area (Å²) in [6, 6.07) is 0. The first-order valence-electron chi connectivity index (χ1n) is 4.14. The predicted molar refractivity (Wildman–Crippen MR) is 49.9 cm³/mol. The third kappa shape index (κ3) is 1.86. The van der Waals surface area contributed by atoms with Crippen LogP contribution < -0.4 is 5.32 Å². The maximum Gasteiger partial charge on any atom is 0.0866 e. The fraction of sp³-hybridized carbons (Fsp3) is 1.00. The van der Waals surface area contributed by atoms with Crippen LogP contribution in [0.4, 0.5) is 0 Å². The van der Waals surface area contributed by atoms with E-state index in [2.05, 4.69) is 19.2 Å². The minimum atomic E-state index is -1.90. The summed E-state index contributed by atoms with van der Waals surface area (Å²) in [7, 11) is -1.90. The molecule has 1 rings (SSSR count). The van der Waals surface area contributed by atoms with Crippen LogP contribution in [0.15, 0.2) is 0 Å². The molecule has 0 saturated carbocycles. The molecule has 1 aliphatic rings. The van der Waals surface area contributed by atoms with Gasteiger partial charge in [0.1, 0.15) is 0 Å². The Morgan fingerprint density at radius 1 is 1.45 bits per heavy atom. The van der Waals surface area contributed by atoms with Gasteiger partial charge in [-0.05, 0) is 40.1 Å². The lowest BCUT2D eigenvalue weighted by Gasteiger charge is -2.29. The van der Waals surface area contributed by atoms with Gasteiger partial charge in [0.05, 0.1) is 7.14 Å². The maximum atomic E-state index is 11.8. The van der Waals surface area contributed by atoms with Crippen LogP contribution in [0.1, 0.15) is 20.3 Å². The Morgan fingerprint density at radius 2 is 2.00 bits per heavy atom. The second kappa shape index (κ2) is 2.60. The molecule has 0 bridgehead atoms. The van der Waals surface area contributed by atoms with E-state index in [1.165, 1.54) is 0 Å². The summed E-state index contributed by atoms with van der Waals surface area (Å²) in [5, 5.41) is 3.38. The normalized spacial score (nSPS) is 30.7. The van der Waals surface area contributed by atoms with Crippen LogP contribution in [0.25, 0.3) is 0 Å². The van der Waals surface area contributed by atoms with Gasteiger partial charge in [0.2, 0.25) is 0 Å². The second-order valence-electron chi connectivity index (χ2n) is 4.39. The summed E-state index contributed by atoms with van der Waals surface area (Å²) < 4.78 is 11.8. The lowest BCUT2D eigenvalue weighted by molar-refractivity contribution is 0.452. The quantitative estimate of drug-likeness (QED) is 0.615. The van der Waals surface area contributed by atoms with Crippen LogP contribution in [-0.4, -0.2) is 31.1 Å². The van der Waals surface area contributed by atoms with Crippen molar-refractivity contribution in [3.8, 4) is 0 Å². The Balaban J connectivity index is 2.81. The lowest BCUT2D eigenvalue weighted by Crippen LogP contribution is -2.40. The Hall–Kier alpha value is 0.190. The molecule has 1 unspecified atom stereocenters. The molecule has 1 atom stereocenters. The van der Waals surface area contributed by atoms with E-state index in [9.17, 15) is 4.57 Å². The van der Waals surface area contributed by atoms with Gasteiger partial charge >= 0.3 is 0 Å². The fourth-order valence-electron chi connectivity index (χ4n) is 2.10. The molecule has 0 amide bonds. The third-order valence-corrected chi connectivity index (χ3v) is 4.99. The van der Waals surface area contributed by atoms with Crippen molar-refractivity contribution in [2.45, 2.75) is 31.5 Å². The Kier molecular flexibility index (Phi) is 2.19. The van der Waals surface area contributed by atoms with Gasteiger partial charge in [-0.3, -0.25) is 0 Å². The molecule has 66 valence electrons. The highest BCUT2D eigenvalue weighted by Gasteiger charge is 2.40. The molecule has 0 radical (unpaired) electrons. The number of nitrogens with one attached hydrogen (secondary N) is 1. The molecule has 1 heterocycles. The molecule has 0 aromatic heterocycles. The summed E-state index contributed by atoms with van der Waals surface area (Å²) in [6.45, 7) is 9.09. The SMILES string of the molecule is CC1(C)NCCC1P(C)(C)=O. The van der Waals surface area contributed by atoms with Gasteiger partial charge in [-0.1, -0.05) is 0 Å². The zero-order valence-electron chi connectivity index (χ0n) is 7.85. The van der Waals surface area contributed by atoms with E-state index in [1.54, 1.807) is 0 Å². The van der Waals surface area contributed by atoms with Gasteiger partial charge in [-0.25, -0.2) is 0 Å². The first kappa shape index (κ1) is 9.28. The van der Waals surface area contributed by atoms with E-state index in [0.29, 0.717) is 5.66 Å². The Bertz CT molecular complexity index is 194. The molecule has 0 aliphatic carbocycles. The van der Waals surface area contributed by atoms with Crippen LogP contribution in [-0.2, 0) is 4.57 Å². The van der Waals surface area contributed by atoms with Crippen molar-refractivity contribution in [1.82, 2.24) is 5.32 Å². The zero-order valence-corrected chi connectivity index (χ0v) is 8.74. The minimum absolute atomic E-state index is 0.0824. The Morgan fingerprint density at radius 3 is 2.18 bits per heavy atom. The summed E-state index contributed by atoms with van der Waals surface area (Å²) >= 11 is 0. The first-order chi connectivity index (χ1) is 4.84. The van der Waals surface area contributed by atoms with Gasteiger partial charge in [-0.2, -0.15) is 0 Å². The molecule has 11 heavy (non-hydrogen) atoms. The van der Waals surface area contributed by atoms with Crippen LogP contribution in [0, 0.1) is 0 Å². The van der Waals surface area contributed by atoms with Crippen LogP contribution in [0.3, 0.4) is 0 Å². The molecule has 3 heteroatoms. The van der Waals surface area contributed by atoms with Gasteiger partial charge in [0.15, 0.2) is 0 Å². The van der Waals surface area contributed by atoms with Gasteiger partial charge in [0, 0.05) is 11.2 Å². The highest BCUT2D eigenvalue weighted by atomic mass is 31.2. The van der Waals surface area contributed by atoms with Gasteiger partial charge < -0.3 is 9.88 Å². The third-order valence-electron chi connectivity index (χ3n) is 2.58. The van der Waals surface area contributed by atoms with Crippen molar-refractivity contribution in [2.75, 3.05) is 19.9 Å². The summed E-state index contributed by atoms with van der Waals surface area (Å²) in [4.78, 5) is 0. The highest BCUT2D eigenvalue weighted by molar-refractivity contribution is 7.63. The molecule has 1 fully saturated rings. The van der Waals surface area contributed by atoms with Crippen LogP contribution >= 0.6 is 7.14 Å².